The van der Waals surface area contributed by atoms with Gasteiger partial charge in [0.15, 0.2) is 0 Å². The van der Waals surface area contributed by atoms with E-state index in [-0.39, 0.29) is 6.54 Å². The Labute approximate surface area is 155 Å². The average Bonchev–Trinajstić information content (AvgIpc) is 2.66. The predicted octanol–water partition coefficient (Wildman–Crippen LogP) is 4.84. The molecule has 0 aliphatic carbocycles. The molecule has 0 aliphatic rings. The summed E-state index contributed by atoms with van der Waals surface area (Å²) in [5.41, 5.74) is 2.62. The molecule has 0 saturated heterocycles. The molecule has 0 spiro atoms. The number of alkyl halides is 3. The van der Waals surface area contributed by atoms with Crippen molar-refractivity contribution >= 4 is 11.5 Å². The summed E-state index contributed by atoms with van der Waals surface area (Å²) >= 11 is 0. The Balaban J connectivity index is 1.73. The first-order chi connectivity index (χ1) is 12.8. The summed E-state index contributed by atoms with van der Waals surface area (Å²) in [6.45, 7) is 0.236. The lowest BCUT2D eigenvalue weighted by molar-refractivity contribution is -0.137. The van der Waals surface area contributed by atoms with E-state index in [1.807, 2.05) is 43.3 Å². The maximum atomic E-state index is 12.8. The van der Waals surface area contributed by atoms with Crippen LogP contribution in [0.15, 0.2) is 60.9 Å². The minimum atomic E-state index is -4.35. The highest BCUT2D eigenvalue weighted by Gasteiger charge is 2.30. The van der Waals surface area contributed by atoms with E-state index in [1.165, 1.54) is 12.4 Å². The Morgan fingerprint density at radius 2 is 1.70 bits per heavy atom. The summed E-state index contributed by atoms with van der Waals surface area (Å²) in [5.74, 6) is 0.550. The SMILES string of the molecule is CN(C)c1ccc(-c2cc(NCc3cccc(C(F)(F)F)c3)ncn2)cc1. The first kappa shape index (κ1) is 18.7. The number of rotatable bonds is 5. The number of hydrogen-bond acceptors (Lipinski definition) is 4. The van der Waals surface area contributed by atoms with Crippen molar-refractivity contribution in [3.63, 3.8) is 0 Å². The van der Waals surface area contributed by atoms with Gasteiger partial charge < -0.3 is 10.2 Å². The van der Waals surface area contributed by atoms with Gasteiger partial charge in [-0.25, -0.2) is 9.97 Å². The standard InChI is InChI=1S/C20H19F3N4/c1-27(2)17-8-6-15(7-9-17)18-11-19(26-13-25-18)24-12-14-4-3-5-16(10-14)20(21,22)23/h3-11,13H,12H2,1-2H3,(H,24,25,26). The van der Waals surface area contributed by atoms with Crippen molar-refractivity contribution in [2.75, 3.05) is 24.3 Å². The molecule has 0 aliphatic heterocycles. The van der Waals surface area contributed by atoms with E-state index in [2.05, 4.69) is 15.3 Å². The van der Waals surface area contributed by atoms with Crippen molar-refractivity contribution in [2.45, 2.75) is 12.7 Å². The molecule has 3 rings (SSSR count). The van der Waals surface area contributed by atoms with Crippen LogP contribution in [0.4, 0.5) is 24.7 Å². The van der Waals surface area contributed by atoms with Gasteiger partial charge in [0.2, 0.25) is 0 Å². The molecule has 0 bridgehead atoms. The Morgan fingerprint density at radius 3 is 2.37 bits per heavy atom. The monoisotopic (exact) mass is 372 g/mol. The van der Waals surface area contributed by atoms with Crippen LogP contribution in [0.2, 0.25) is 0 Å². The van der Waals surface area contributed by atoms with Crippen LogP contribution in [-0.4, -0.2) is 24.1 Å². The van der Waals surface area contributed by atoms with Crippen LogP contribution in [0.3, 0.4) is 0 Å². The molecule has 0 unspecified atom stereocenters. The molecule has 0 radical (unpaired) electrons. The van der Waals surface area contributed by atoms with E-state index in [1.54, 1.807) is 12.1 Å². The fourth-order valence-electron chi connectivity index (χ4n) is 2.59. The fourth-order valence-corrected chi connectivity index (χ4v) is 2.59. The predicted molar refractivity (Wildman–Crippen MR) is 101 cm³/mol. The Morgan fingerprint density at radius 1 is 0.963 bits per heavy atom. The Hall–Kier alpha value is -3.09. The summed E-state index contributed by atoms with van der Waals surface area (Å²) in [5, 5.41) is 3.05. The fraction of sp³-hybridized carbons (Fsp3) is 0.200. The number of hydrogen-bond donors (Lipinski definition) is 1. The molecule has 0 fully saturated rings. The van der Waals surface area contributed by atoms with Gasteiger partial charge in [0.1, 0.15) is 12.1 Å². The van der Waals surface area contributed by atoms with E-state index in [4.69, 9.17) is 0 Å². The molecular weight excluding hydrogens is 353 g/mol. The third-order valence-corrected chi connectivity index (χ3v) is 4.07. The number of nitrogens with zero attached hydrogens (tertiary/aromatic N) is 3. The number of aromatic nitrogens is 2. The van der Waals surface area contributed by atoms with E-state index in [0.717, 1.165) is 29.1 Å². The summed E-state index contributed by atoms with van der Waals surface area (Å²) in [4.78, 5) is 10.4. The van der Waals surface area contributed by atoms with Crippen molar-refractivity contribution in [2.24, 2.45) is 0 Å². The van der Waals surface area contributed by atoms with Crippen molar-refractivity contribution in [3.8, 4) is 11.3 Å². The average molecular weight is 372 g/mol. The molecule has 140 valence electrons. The molecule has 1 aromatic heterocycles. The topological polar surface area (TPSA) is 41.0 Å². The second-order valence-electron chi connectivity index (χ2n) is 6.28. The van der Waals surface area contributed by atoms with Crippen LogP contribution >= 0.6 is 0 Å². The van der Waals surface area contributed by atoms with Gasteiger partial charge in [0.25, 0.3) is 0 Å². The highest BCUT2D eigenvalue weighted by Crippen LogP contribution is 2.29. The van der Waals surface area contributed by atoms with Gasteiger partial charge in [-0.05, 0) is 29.8 Å². The van der Waals surface area contributed by atoms with Gasteiger partial charge in [-0.3, -0.25) is 0 Å². The minimum Gasteiger partial charge on any atom is -0.378 e. The second kappa shape index (κ2) is 7.65. The summed E-state index contributed by atoms with van der Waals surface area (Å²) in [6.07, 6.45) is -2.92. The number of anilines is 2. The largest absolute Gasteiger partial charge is 0.416 e. The Bertz CT molecular complexity index is 906. The van der Waals surface area contributed by atoms with Crippen LogP contribution in [0.25, 0.3) is 11.3 Å². The van der Waals surface area contributed by atoms with E-state index in [0.29, 0.717) is 11.4 Å². The smallest absolute Gasteiger partial charge is 0.378 e. The molecule has 1 N–H and O–H groups in total. The maximum Gasteiger partial charge on any atom is 0.416 e. The van der Waals surface area contributed by atoms with Gasteiger partial charge in [-0.1, -0.05) is 24.3 Å². The molecule has 1 heterocycles. The van der Waals surface area contributed by atoms with Crippen molar-refractivity contribution in [1.29, 1.82) is 0 Å². The zero-order valence-electron chi connectivity index (χ0n) is 15.0. The zero-order chi connectivity index (χ0) is 19.4. The lowest BCUT2D eigenvalue weighted by Crippen LogP contribution is -2.08. The Kier molecular flexibility index (Phi) is 5.30. The van der Waals surface area contributed by atoms with Crippen LogP contribution < -0.4 is 10.2 Å². The van der Waals surface area contributed by atoms with Crippen molar-refractivity contribution in [1.82, 2.24) is 9.97 Å². The molecule has 4 nitrogen and oxygen atoms in total. The van der Waals surface area contributed by atoms with Gasteiger partial charge in [0.05, 0.1) is 11.3 Å². The lowest BCUT2D eigenvalue weighted by atomic mass is 10.1. The first-order valence-electron chi connectivity index (χ1n) is 8.33. The molecule has 27 heavy (non-hydrogen) atoms. The highest BCUT2D eigenvalue weighted by atomic mass is 19.4. The first-order valence-corrected chi connectivity index (χ1v) is 8.33. The molecule has 2 aromatic carbocycles. The quantitative estimate of drug-likeness (QED) is 0.696. The van der Waals surface area contributed by atoms with E-state index >= 15 is 0 Å². The highest BCUT2D eigenvalue weighted by molar-refractivity contribution is 5.65. The molecular formula is C20H19F3N4. The van der Waals surface area contributed by atoms with Crippen LogP contribution in [-0.2, 0) is 12.7 Å². The zero-order valence-corrected chi connectivity index (χ0v) is 15.0. The number of halogens is 3. The van der Waals surface area contributed by atoms with Gasteiger partial charge in [-0.15, -0.1) is 0 Å². The van der Waals surface area contributed by atoms with Crippen LogP contribution in [0, 0.1) is 0 Å². The van der Waals surface area contributed by atoms with Gasteiger partial charge >= 0.3 is 6.18 Å². The molecule has 7 heteroatoms. The molecule has 0 saturated carbocycles. The molecule has 3 aromatic rings. The lowest BCUT2D eigenvalue weighted by Gasteiger charge is -2.13. The summed E-state index contributed by atoms with van der Waals surface area (Å²) in [6, 6.07) is 14.9. The molecule has 0 atom stereocenters. The van der Waals surface area contributed by atoms with Crippen LogP contribution in [0.1, 0.15) is 11.1 Å². The van der Waals surface area contributed by atoms with E-state index in [9.17, 15) is 13.2 Å². The van der Waals surface area contributed by atoms with Crippen molar-refractivity contribution in [3.05, 3.63) is 72.1 Å². The number of nitrogens with one attached hydrogen (secondary N) is 1. The van der Waals surface area contributed by atoms with Gasteiger partial charge in [0, 0.05) is 38.0 Å². The summed E-state index contributed by atoms with van der Waals surface area (Å²) < 4.78 is 38.4. The number of benzene rings is 2. The third kappa shape index (κ3) is 4.75. The van der Waals surface area contributed by atoms with Crippen molar-refractivity contribution < 1.29 is 13.2 Å². The minimum absolute atomic E-state index is 0.236. The molecule has 0 amide bonds. The van der Waals surface area contributed by atoms with E-state index < -0.39 is 11.7 Å². The maximum absolute atomic E-state index is 12.8. The summed E-state index contributed by atoms with van der Waals surface area (Å²) in [7, 11) is 3.94. The van der Waals surface area contributed by atoms with Gasteiger partial charge in [-0.2, -0.15) is 13.2 Å². The van der Waals surface area contributed by atoms with Crippen LogP contribution in [0.5, 0.6) is 0 Å². The normalized spacial score (nSPS) is 11.3. The second-order valence-corrected chi connectivity index (χ2v) is 6.28. The third-order valence-electron chi connectivity index (χ3n) is 4.07.